The second kappa shape index (κ2) is 7.44. The molecular formula is C19H19N3OS3. The number of thiophene rings is 3. The van der Waals surface area contributed by atoms with Crippen LogP contribution in [0.15, 0.2) is 39.8 Å². The van der Waals surface area contributed by atoms with Crippen LogP contribution in [0.4, 0.5) is 0 Å². The summed E-state index contributed by atoms with van der Waals surface area (Å²) in [5, 5.41) is 4.85. The van der Waals surface area contributed by atoms with Crippen LogP contribution in [-0.2, 0) is 13.1 Å². The molecule has 0 atom stereocenters. The monoisotopic (exact) mass is 401 g/mol. The number of nitrogens with zero attached hydrogens (tertiary/aromatic N) is 2. The van der Waals surface area contributed by atoms with E-state index in [9.17, 15) is 4.79 Å². The minimum atomic E-state index is -0.0421. The molecule has 4 aromatic rings. The van der Waals surface area contributed by atoms with Gasteiger partial charge in [0, 0.05) is 32.1 Å². The van der Waals surface area contributed by atoms with Gasteiger partial charge in [-0.3, -0.25) is 9.69 Å². The van der Waals surface area contributed by atoms with Crippen molar-refractivity contribution in [2.75, 3.05) is 6.54 Å². The predicted molar refractivity (Wildman–Crippen MR) is 112 cm³/mol. The average molecular weight is 402 g/mol. The van der Waals surface area contributed by atoms with Crippen LogP contribution in [0, 0.1) is 6.92 Å². The van der Waals surface area contributed by atoms with Gasteiger partial charge >= 0.3 is 0 Å². The zero-order chi connectivity index (χ0) is 18.1. The fraction of sp³-hybridized carbons (Fsp3) is 0.263. The second-order valence-corrected chi connectivity index (χ2v) is 9.31. The van der Waals surface area contributed by atoms with E-state index in [1.807, 2.05) is 5.38 Å². The van der Waals surface area contributed by atoms with E-state index in [2.05, 4.69) is 53.4 Å². The lowest BCUT2D eigenvalue weighted by molar-refractivity contribution is 0.267. The number of aromatic amines is 1. The van der Waals surface area contributed by atoms with Gasteiger partial charge in [-0.2, -0.15) is 0 Å². The van der Waals surface area contributed by atoms with Crippen molar-refractivity contribution >= 4 is 44.2 Å². The summed E-state index contributed by atoms with van der Waals surface area (Å²) in [7, 11) is 0. The maximum absolute atomic E-state index is 12.7. The quantitative estimate of drug-likeness (QED) is 0.489. The van der Waals surface area contributed by atoms with Crippen LogP contribution in [0.25, 0.3) is 20.7 Å². The van der Waals surface area contributed by atoms with Gasteiger partial charge in [0.05, 0.1) is 11.9 Å². The van der Waals surface area contributed by atoms with E-state index in [4.69, 9.17) is 4.98 Å². The normalized spacial score (nSPS) is 11.7. The first-order valence-corrected chi connectivity index (χ1v) is 11.0. The zero-order valence-corrected chi connectivity index (χ0v) is 17.1. The van der Waals surface area contributed by atoms with Gasteiger partial charge in [0.1, 0.15) is 10.7 Å². The van der Waals surface area contributed by atoms with Crippen molar-refractivity contribution in [3.63, 3.8) is 0 Å². The largest absolute Gasteiger partial charge is 0.309 e. The standard InChI is InChI=1S/C19H19N3OS3/c1-3-22(9-13-5-4-8-24-13)10-16-20-18(23)17-14(11-25-19(17)21-16)15-7-6-12(2)26-15/h4-8,11H,3,9-10H2,1-2H3,(H,20,21,23). The summed E-state index contributed by atoms with van der Waals surface area (Å²) in [5.41, 5.74) is 0.953. The Bertz CT molecular complexity index is 1080. The molecule has 0 aliphatic rings. The van der Waals surface area contributed by atoms with Crippen molar-refractivity contribution in [2.24, 2.45) is 0 Å². The van der Waals surface area contributed by atoms with Crippen LogP contribution in [0.3, 0.4) is 0 Å². The second-order valence-electron chi connectivity index (χ2n) is 6.14. The predicted octanol–water partition coefficient (Wildman–Crippen LogP) is 5.11. The van der Waals surface area contributed by atoms with E-state index in [0.29, 0.717) is 11.9 Å². The number of nitrogens with one attached hydrogen (secondary N) is 1. The first kappa shape index (κ1) is 17.6. The lowest BCUT2D eigenvalue weighted by Gasteiger charge is -2.18. The topological polar surface area (TPSA) is 49.0 Å². The molecule has 0 spiro atoms. The molecule has 7 heteroatoms. The third kappa shape index (κ3) is 3.53. The van der Waals surface area contributed by atoms with Crippen molar-refractivity contribution in [3.05, 3.63) is 61.0 Å². The van der Waals surface area contributed by atoms with E-state index < -0.39 is 0 Å². The summed E-state index contributed by atoms with van der Waals surface area (Å²) < 4.78 is 0. The van der Waals surface area contributed by atoms with Crippen molar-refractivity contribution < 1.29 is 0 Å². The number of aromatic nitrogens is 2. The van der Waals surface area contributed by atoms with Crippen LogP contribution >= 0.6 is 34.0 Å². The number of hydrogen-bond donors (Lipinski definition) is 1. The van der Waals surface area contributed by atoms with Gasteiger partial charge in [-0.25, -0.2) is 4.98 Å². The molecule has 0 radical (unpaired) electrons. The Labute approximate surface area is 163 Å². The van der Waals surface area contributed by atoms with Crippen molar-refractivity contribution in [1.82, 2.24) is 14.9 Å². The van der Waals surface area contributed by atoms with E-state index >= 15 is 0 Å². The lowest BCUT2D eigenvalue weighted by atomic mass is 10.2. The molecule has 0 unspecified atom stereocenters. The van der Waals surface area contributed by atoms with Gasteiger partial charge in [0.25, 0.3) is 5.56 Å². The number of aryl methyl sites for hydroxylation is 1. The molecule has 134 valence electrons. The molecule has 26 heavy (non-hydrogen) atoms. The van der Waals surface area contributed by atoms with Gasteiger partial charge in [-0.1, -0.05) is 13.0 Å². The molecule has 0 bridgehead atoms. The molecule has 0 aliphatic heterocycles. The molecule has 0 amide bonds. The summed E-state index contributed by atoms with van der Waals surface area (Å²) in [4.78, 5) is 27.3. The fourth-order valence-electron chi connectivity index (χ4n) is 2.94. The van der Waals surface area contributed by atoms with Crippen LogP contribution < -0.4 is 5.56 Å². The van der Waals surface area contributed by atoms with E-state index in [0.717, 1.165) is 34.2 Å². The van der Waals surface area contributed by atoms with Crippen LogP contribution in [0.2, 0.25) is 0 Å². The summed E-state index contributed by atoms with van der Waals surface area (Å²) in [6.07, 6.45) is 0. The molecule has 0 saturated carbocycles. The van der Waals surface area contributed by atoms with Crippen molar-refractivity contribution in [1.29, 1.82) is 0 Å². The van der Waals surface area contributed by atoms with Crippen molar-refractivity contribution in [3.8, 4) is 10.4 Å². The summed E-state index contributed by atoms with van der Waals surface area (Å²) >= 11 is 5.01. The number of H-pyrrole nitrogens is 1. The molecule has 1 N–H and O–H groups in total. The fourth-order valence-corrected chi connectivity index (χ4v) is 5.61. The van der Waals surface area contributed by atoms with Gasteiger partial charge in [0.15, 0.2) is 0 Å². The first-order chi connectivity index (χ1) is 12.6. The highest BCUT2D eigenvalue weighted by molar-refractivity contribution is 7.19. The molecule has 4 rings (SSSR count). The Balaban J connectivity index is 1.64. The van der Waals surface area contributed by atoms with Crippen LogP contribution in [-0.4, -0.2) is 21.4 Å². The van der Waals surface area contributed by atoms with Crippen molar-refractivity contribution in [2.45, 2.75) is 26.9 Å². The molecule has 0 aromatic carbocycles. The lowest BCUT2D eigenvalue weighted by Crippen LogP contribution is -2.24. The molecular weight excluding hydrogens is 382 g/mol. The maximum atomic E-state index is 12.7. The summed E-state index contributed by atoms with van der Waals surface area (Å²) in [6, 6.07) is 8.37. The molecule has 4 heterocycles. The maximum Gasteiger partial charge on any atom is 0.260 e. The highest BCUT2D eigenvalue weighted by Gasteiger charge is 2.15. The first-order valence-electron chi connectivity index (χ1n) is 8.46. The molecule has 4 aromatic heterocycles. The third-order valence-electron chi connectivity index (χ3n) is 4.28. The van der Waals surface area contributed by atoms with Crippen LogP contribution in [0.5, 0.6) is 0 Å². The summed E-state index contributed by atoms with van der Waals surface area (Å²) in [6.45, 7) is 6.64. The third-order valence-corrected chi connectivity index (χ3v) is 7.05. The highest BCUT2D eigenvalue weighted by atomic mass is 32.1. The van der Waals surface area contributed by atoms with Gasteiger partial charge in [-0.15, -0.1) is 34.0 Å². The minimum absolute atomic E-state index is 0.0421. The van der Waals surface area contributed by atoms with E-state index in [-0.39, 0.29) is 5.56 Å². The Morgan fingerprint density at radius 1 is 1.19 bits per heavy atom. The Hall–Kier alpha value is -1.80. The van der Waals surface area contributed by atoms with Gasteiger partial charge in [0.2, 0.25) is 0 Å². The number of hydrogen-bond acceptors (Lipinski definition) is 6. The molecule has 4 nitrogen and oxygen atoms in total. The highest BCUT2D eigenvalue weighted by Crippen LogP contribution is 2.35. The smallest absolute Gasteiger partial charge is 0.260 e. The summed E-state index contributed by atoms with van der Waals surface area (Å²) in [5.74, 6) is 0.733. The number of fused-ring (bicyclic) bond motifs is 1. The average Bonchev–Trinajstić information content (AvgIpc) is 3.34. The molecule has 0 aliphatic carbocycles. The van der Waals surface area contributed by atoms with E-state index in [1.165, 1.54) is 9.75 Å². The zero-order valence-electron chi connectivity index (χ0n) is 14.6. The van der Waals surface area contributed by atoms with Gasteiger partial charge < -0.3 is 4.98 Å². The van der Waals surface area contributed by atoms with E-state index in [1.54, 1.807) is 34.0 Å². The Morgan fingerprint density at radius 2 is 2.08 bits per heavy atom. The molecule has 0 saturated heterocycles. The minimum Gasteiger partial charge on any atom is -0.309 e. The molecule has 0 fully saturated rings. The Kier molecular flexibility index (Phi) is 5.04. The number of rotatable bonds is 6. The Morgan fingerprint density at radius 3 is 2.77 bits per heavy atom. The van der Waals surface area contributed by atoms with Gasteiger partial charge in [-0.05, 0) is 37.0 Å². The SMILES string of the molecule is CCN(Cc1nc2scc(-c3ccc(C)s3)c2c(=O)[nH]1)Cc1cccs1. The van der Waals surface area contributed by atoms with Crippen LogP contribution in [0.1, 0.15) is 22.5 Å².